The number of methoxy groups -OCH3 is 1. The van der Waals surface area contributed by atoms with E-state index in [0.717, 1.165) is 31.9 Å². The fourth-order valence-corrected chi connectivity index (χ4v) is 4.88. The molecule has 3 heterocycles. The summed E-state index contributed by atoms with van der Waals surface area (Å²) in [7, 11) is 1.34. The van der Waals surface area contributed by atoms with Gasteiger partial charge in [-0.05, 0) is 43.0 Å². The second-order valence-electron chi connectivity index (χ2n) is 6.48. The maximum absolute atomic E-state index is 13.3. The van der Waals surface area contributed by atoms with Gasteiger partial charge in [-0.3, -0.25) is 4.79 Å². The minimum Gasteiger partial charge on any atom is -0.465 e. The second kappa shape index (κ2) is 7.77. The van der Waals surface area contributed by atoms with Gasteiger partial charge in [0.2, 0.25) is 0 Å². The first-order valence-electron chi connectivity index (χ1n) is 8.93. The Bertz CT molecular complexity index is 1230. The van der Waals surface area contributed by atoms with Crippen LogP contribution in [0.4, 0.5) is 5.00 Å². The molecule has 4 aromatic rings. The molecule has 29 heavy (non-hydrogen) atoms. The lowest BCUT2D eigenvalue weighted by molar-refractivity contribution is 0.0601. The monoisotopic (exact) mass is 422 g/mol. The van der Waals surface area contributed by atoms with Crippen molar-refractivity contribution in [1.82, 2.24) is 4.98 Å². The van der Waals surface area contributed by atoms with Crippen LogP contribution in [0.3, 0.4) is 0 Å². The smallest absolute Gasteiger partial charge is 0.341 e. The molecule has 0 aliphatic heterocycles. The normalized spacial score (nSPS) is 10.9. The minimum absolute atomic E-state index is 0.284. The number of fused-ring (bicyclic) bond motifs is 1. The van der Waals surface area contributed by atoms with Crippen molar-refractivity contribution in [2.75, 3.05) is 12.4 Å². The molecule has 1 aromatic carbocycles. The van der Waals surface area contributed by atoms with E-state index in [1.54, 1.807) is 17.4 Å². The van der Waals surface area contributed by atoms with Gasteiger partial charge in [0, 0.05) is 10.3 Å². The van der Waals surface area contributed by atoms with Gasteiger partial charge in [0.15, 0.2) is 0 Å². The number of benzene rings is 1. The Balaban J connectivity index is 1.80. The highest BCUT2D eigenvalue weighted by Crippen LogP contribution is 2.34. The van der Waals surface area contributed by atoms with Crippen LogP contribution in [-0.2, 0) is 4.74 Å². The third-order valence-electron chi connectivity index (χ3n) is 4.74. The summed E-state index contributed by atoms with van der Waals surface area (Å²) in [5, 5.41) is 6.16. The van der Waals surface area contributed by atoms with Gasteiger partial charge in [-0.15, -0.1) is 22.7 Å². The number of nitrogens with one attached hydrogen (secondary N) is 1. The van der Waals surface area contributed by atoms with Crippen molar-refractivity contribution < 1.29 is 14.3 Å². The lowest BCUT2D eigenvalue weighted by Gasteiger charge is -2.10. The molecule has 0 atom stereocenters. The predicted molar refractivity (Wildman–Crippen MR) is 118 cm³/mol. The molecule has 0 spiro atoms. The van der Waals surface area contributed by atoms with Crippen molar-refractivity contribution in [3.63, 3.8) is 0 Å². The van der Waals surface area contributed by atoms with Crippen LogP contribution in [0, 0.1) is 13.8 Å². The Hall–Kier alpha value is -3.03. The van der Waals surface area contributed by atoms with Crippen LogP contribution in [0.15, 0.2) is 47.8 Å². The number of hydrogen-bond acceptors (Lipinski definition) is 6. The fraction of sp³-hybridized carbons (Fsp3) is 0.136. The van der Waals surface area contributed by atoms with Crippen molar-refractivity contribution in [2.24, 2.45) is 0 Å². The van der Waals surface area contributed by atoms with Crippen LogP contribution < -0.4 is 5.32 Å². The van der Waals surface area contributed by atoms with Crippen molar-refractivity contribution in [3.8, 4) is 10.6 Å². The molecule has 5 nitrogen and oxygen atoms in total. The molecule has 1 N–H and O–H groups in total. The maximum atomic E-state index is 13.3. The number of esters is 1. The molecule has 0 aliphatic carbocycles. The summed E-state index contributed by atoms with van der Waals surface area (Å²) >= 11 is 2.94. The number of amides is 1. The lowest BCUT2D eigenvalue weighted by Crippen LogP contribution is -2.15. The van der Waals surface area contributed by atoms with Gasteiger partial charge in [-0.1, -0.05) is 24.3 Å². The van der Waals surface area contributed by atoms with Gasteiger partial charge in [0.25, 0.3) is 5.91 Å². The van der Waals surface area contributed by atoms with Crippen molar-refractivity contribution in [3.05, 3.63) is 69.4 Å². The molecule has 0 bridgehead atoms. The van der Waals surface area contributed by atoms with Crippen molar-refractivity contribution in [2.45, 2.75) is 13.8 Å². The van der Waals surface area contributed by atoms with Crippen molar-refractivity contribution >= 4 is 50.5 Å². The first-order chi connectivity index (χ1) is 14.0. The molecule has 0 unspecified atom stereocenters. The van der Waals surface area contributed by atoms with Crippen LogP contribution in [0.5, 0.6) is 0 Å². The number of rotatable bonds is 4. The van der Waals surface area contributed by atoms with Gasteiger partial charge in [-0.25, -0.2) is 9.78 Å². The number of pyridine rings is 1. The summed E-state index contributed by atoms with van der Waals surface area (Å²) in [6, 6.07) is 13.3. The number of anilines is 1. The summed E-state index contributed by atoms with van der Waals surface area (Å²) in [6.07, 6.45) is 0. The number of ether oxygens (including phenoxy) is 1. The zero-order valence-corrected chi connectivity index (χ0v) is 17.7. The first kappa shape index (κ1) is 19.3. The Morgan fingerprint density at radius 2 is 1.90 bits per heavy atom. The molecule has 1 amide bonds. The number of nitrogens with zero attached hydrogens (tertiary/aromatic N) is 1. The van der Waals surface area contributed by atoms with E-state index in [2.05, 4.69) is 5.32 Å². The highest BCUT2D eigenvalue weighted by Gasteiger charge is 2.23. The largest absolute Gasteiger partial charge is 0.465 e. The Morgan fingerprint density at radius 1 is 1.10 bits per heavy atom. The molecule has 0 saturated carbocycles. The van der Waals surface area contributed by atoms with Gasteiger partial charge < -0.3 is 10.1 Å². The van der Waals surface area contributed by atoms with E-state index in [4.69, 9.17) is 9.72 Å². The maximum Gasteiger partial charge on any atom is 0.341 e. The topological polar surface area (TPSA) is 68.3 Å². The standard InChI is InChI=1S/C22H18N2O3S2/c1-12-13(2)29-21(19(12)22(26)27-3)24-20(25)15-11-17(18-9-6-10-28-18)23-16-8-5-4-7-14(15)16/h4-11H,1-3H3,(H,24,25). The third kappa shape index (κ3) is 3.54. The predicted octanol–water partition coefficient (Wildman–Crippen LogP) is 5.68. The minimum atomic E-state index is -0.457. The molecule has 0 fully saturated rings. The molecular weight excluding hydrogens is 404 g/mol. The van der Waals surface area contributed by atoms with Gasteiger partial charge in [-0.2, -0.15) is 0 Å². The number of thiophene rings is 2. The summed E-state index contributed by atoms with van der Waals surface area (Å²) in [6.45, 7) is 3.77. The van der Waals surface area contributed by atoms with E-state index in [1.165, 1.54) is 18.4 Å². The molecular formula is C22H18N2O3S2. The van der Waals surface area contributed by atoms with E-state index < -0.39 is 5.97 Å². The van der Waals surface area contributed by atoms with Crippen LogP contribution in [0.25, 0.3) is 21.5 Å². The Labute approximate surface area is 176 Å². The zero-order chi connectivity index (χ0) is 20.5. The molecule has 3 aromatic heterocycles. The van der Waals surface area contributed by atoms with E-state index in [-0.39, 0.29) is 5.91 Å². The average molecular weight is 423 g/mol. The summed E-state index contributed by atoms with van der Waals surface area (Å²) in [4.78, 5) is 32.1. The van der Waals surface area contributed by atoms with Crippen LogP contribution in [0.1, 0.15) is 31.2 Å². The Morgan fingerprint density at radius 3 is 2.62 bits per heavy atom. The average Bonchev–Trinajstić information content (AvgIpc) is 3.35. The molecule has 7 heteroatoms. The number of aromatic nitrogens is 1. The quantitative estimate of drug-likeness (QED) is 0.430. The number of para-hydroxylation sites is 1. The molecule has 0 aliphatic rings. The molecule has 0 radical (unpaired) electrons. The highest BCUT2D eigenvalue weighted by molar-refractivity contribution is 7.16. The van der Waals surface area contributed by atoms with Crippen LogP contribution in [-0.4, -0.2) is 24.0 Å². The summed E-state index contributed by atoms with van der Waals surface area (Å²) in [5.74, 6) is -0.742. The second-order valence-corrected chi connectivity index (χ2v) is 8.66. The van der Waals surface area contributed by atoms with Gasteiger partial charge in [0.05, 0.1) is 34.3 Å². The van der Waals surface area contributed by atoms with E-state index >= 15 is 0 Å². The van der Waals surface area contributed by atoms with Crippen molar-refractivity contribution in [1.29, 1.82) is 0 Å². The number of carbonyl (C=O) groups excluding carboxylic acids is 2. The van der Waals surface area contributed by atoms with Gasteiger partial charge in [0.1, 0.15) is 5.00 Å². The van der Waals surface area contributed by atoms with E-state index in [9.17, 15) is 9.59 Å². The SMILES string of the molecule is COC(=O)c1c(NC(=O)c2cc(-c3cccs3)nc3ccccc23)sc(C)c1C. The number of carbonyl (C=O) groups is 2. The molecule has 146 valence electrons. The summed E-state index contributed by atoms with van der Waals surface area (Å²) < 4.78 is 4.90. The lowest BCUT2D eigenvalue weighted by atomic mass is 10.1. The van der Waals surface area contributed by atoms with Gasteiger partial charge >= 0.3 is 5.97 Å². The zero-order valence-electron chi connectivity index (χ0n) is 16.1. The summed E-state index contributed by atoms with van der Waals surface area (Å²) in [5.41, 5.74) is 3.22. The van der Waals surface area contributed by atoms with Crippen LogP contribution in [0.2, 0.25) is 0 Å². The molecule has 0 saturated heterocycles. The first-order valence-corrected chi connectivity index (χ1v) is 10.6. The Kier molecular flexibility index (Phi) is 5.17. The van der Waals surface area contributed by atoms with Crippen LogP contribution >= 0.6 is 22.7 Å². The van der Waals surface area contributed by atoms with E-state index in [1.807, 2.05) is 55.6 Å². The number of aryl methyl sites for hydroxylation is 1. The van der Waals surface area contributed by atoms with E-state index in [0.29, 0.717) is 16.1 Å². The highest BCUT2D eigenvalue weighted by atomic mass is 32.1. The number of hydrogen-bond donors (Lipinski definition) is 1. The third-order valence-corrected chi connectivity index (χ3v) is 6.75. The molecule has 4 rings (SSSR count). The fourth-order valence-electron chi connectivity index (χ4n) is 3.15.